The van der Waals surface area contributed by atoms with Gasteiger partial charge in [-0.25, -0.2) is 4.39 Å². The van der Waals surface area contributed by atoms with Crippen molar-refractivity contribution < 1.29 is 23.2 Å². The van der Waals surface area contributed by atoms with Gasteiger partial charge in [-0.1, -0.05) is 6.58 Å². The average molecular weight is 126 g/mol. The Morgan fingerprint density at radius 2 is 1.00 bits per heavy atom. The number of rotatable bonds is 0. The van der Waals surface area contributed by atoms with E-state index in [-0.39, 0.29) is 25.1 Å². The minimum atomic E-state index is 0. The van der Waals surface area contributed by atoms with Crippen molar-refractivity contribution >= 4 is 0 Å². The predicted octanol–water partition coefficient (Wildman–Crippen LogP) is 1.71. The zero-order valence-electron chi connectivity index (χ0n) is 3.30. The molecule has 0 bridgehead atoms. The van der Waals surface area contributed by atoms with Crippen LogP contribution in [0.2, 0.25) is 0 Å². The molecule has 0 aliphatic carbocycles. The standard InChI is InChI=1S/C2H3F.4FH/c1-2-3;;;;/h2H,1H2;4*1H. The molecule has 50 valence electrons. The molecule has 0 spiro atoms. The second-order valence-corrected chi connectivity index (χ2v) is 0.154. The number of halogens is 5. The summed E-state index contributed by atoms with van der Waals surface area (Å²) in [6, 6.07) is 0. The molecule has 0 saturated carbocycles. The predicted molar refractivity (Wildman–Crippen MR) is 21.3 cm³/mol. The number of hydrogen-bond donors (Lipinski definition) is 0. The van der Waals surface area contributed by atoms with E-state index < -0.39 is 0 Å². The van der Waals surface area contributed by atoms with Crippen LogP contribution in [0.5, 0.6) is 0 Å². The van der Waals surface area contributed by atoms with Gasteiger partial charge in [0.2, 0.25) is 0 Å². The summed E-state index contributed by atoms with van der Waals surface area (Å²) >= 11 is 0. The van der Waals surface area contributed by atoms with Gasteiger partial charge in [0, 0.05) is 0 Å². The van der Waals surface area contributed by atoms with Gasteiger partial charge in [0.25, 0.3) is 0 Å². The summed E-state index contributed by atoms with van der Waals surface area (Å²) in [5, 5.41) is 0. The molecule has 0 unspecified atom stereocenters. The van der Waals surface area contributed by atoms with Crippen LogP contribution in [0.15, 0.2) is 12.9 Å². The van der Waals surface area contributed by atoms with E-state index in [1.165, 1.54) is 0 Å². The fourth-order valence-electron chi connectivity index (χ4n) is 0. The largest absolute Gasteiger partial charge is 0.269 e. The van der Waals surface area contributed by atoms with E-state index >= 15 is 0 Å². The summed E-state index contributed by atoms with van der Waals surface area (Å²) in [5.41, 5.74) is 0. The van der Waals surface area contributed by atoms with Gasteiger partial charge in [-0.2, -0.15) is 0 Å². The summed E-state index contributed by atoms with van der Waals surface area (Å²) < 4.78 is 10.1. The van der Waals surface area contributed by atoms with E-state index in [9.17, 15) is 4.39 Å². The minimum Gasteiger partial charge on any atom is -0.269 e. The van der Waals surface area contributed by atoms with E-state index in [0.29, 0.717) is 0 Å². The van der Waals surface area contributed by atoms with Gasteiger partial charge >= 0.3 is 0 Å². The van der Waals surface area contributed by atoms with E-state index in [0.717, 1.165) is 0 Å². The fraction of sp³-hybridized carbons (Fsp3) is 0. The summed E-state index contributed by atoms with van der Waals surface area (Å²) in [6.07, 6.45) is 0.250. The first-order valence-corrected chi connectivity index (χ1v) is 0.626. The molecule has 7 heavy (non-hydrogen) atoms. The van der Waals surface area contributed by atoms with E-state index in [1.54, 1.807) is 0 Å². The molecule has 0 fully saturated rings. The van der Waals surface area contributed by atoms with Crippen molar-refractivity contribution in [2.45, 2.75) is 0 Å². The summed E-state index contributed by atoms with van der Waals surface area (Å²) in [6.45, 7) is 2.69. The van der Waals surface area contributed by atoms with Crippen LogP contribution in [-0.4, -0.2) is 0 Å². The molecule has 0 aliphatic heterocycles. The van der Waals surface area contributed by atoms with Crippen molar-refractivity contribution in [3.05, 3.63) is 12.9 Å². The Morgan fingerprint density at radius 1 is 1.00 bits per heavy atom. The van der Waals surface area contributed by atoms with Crippen molar-refractivity contribution in [3.63, 3.8) is 0 Å². The highest BCUT2D eigenvalue weighted by Crippen LogP contribution is 1.48. The van der Waals surface area contributed by atoms with Crippen LogP contribution in [0.1, 0.15) is 0 Å². The molecule has 0 amide bonds. The first kappa shape index (κ1) is 96.1. The van der Waals surface area contributed by atoms with E-state index in [2.05, 4.69) is 6.58 Å². The smallest absolute Gasteiger partial charge is 0.0795 e. The first-order chi connectivity index (χ1) is 1.41. The molecule has 0 N–H and O–H groups in total. The lowest BCUT2D eigenvalue weighted by Gasteiger charge is -1.28. The normalized spacial score (nSPS) is 1.86. The molecule has 0 saturated heterocycles. The van der Waals surface area contributed by atoms with Crippen molar-refractivity contribution in [2.75, 3.05) is 0 Å². The van der Waals surface area contributed by atoms with Gasteiger partial charge in [-0.05, 0) is 0 Å². The first-order valence-electron chi connectivity index (χ1n) is 0.626. The van der Waals surface area contributed by atoms with Crippen molar-refractivity contribution in [1.29, 1.82) is 0 Å². The molecule has 0 heterocycles. The van der Waals surface area contributed by atoms with Crippen molar-refractivity contribution in [2.24, 2.45) is 0 Å². The molecular formula is C2H7F5. The molecule has 0 atom stereocenters. The summed E-state index contributed by atoms with van der Waals surface area (Å²) in [5.74, 6) is 0. The quantitative estimate of drug-likeness (QED) is 0.433. The lowest BCUT2D eigenvalue weighted by molar-refractivity contribution is 0.725. The van der Waals surface area contributed by atoms with Crippen LogP contribution >= 0.6 is 0 Å². The van der Waals surface area contributed by atoms with Gasteiger partial charge < -0.3 is 0 Å². The molecule has 0 aromatic heterocycles. The third kappa shape index (κ3) is 166. The van der Waals surface area contributed by atoms with E-state index in [1.807, 2.05) is 0 Å². The van der Waals surface area contributed by atoms with Gasteiger partial charge in [0.15, 0.2) is 0 Å². The van der Waals surface area contributed by atoms with Crippen LogP contribution in [0.25, 0.3) is 0 Å². The van der Waals surface area contributed by atoms with Crippen LogP contribution < -0.4 is 0 Å². The Labute approximate surface area is 37.5 Å². The zero-order chi connectivity index (χ0) is 2.71. The fourth-order valence-corrected chi connectivity index (χ4v) is 0. The van der Waals surface area contributed by atoms with Gasteiger partial charge in [0.05, 0.1) is 6.33 Å². The lowest BCUT2D eigenvalue weighted by atomic mass is 11.2. The molecule has 0 rings (SSSR count). The highest BCUT2D eigenvalue weighted by molar-refractivity contribution is 4.39. The van der Waals surface area contributed by atoms with Gasteiger partial charge in [0.1, 0.15) is 0 Å². The molecular weight excluding hydrogens is 119 g/mol. The molecule has 0 nitrogen and oxygen atoms in total. The molecule has 0 aliphatic rings. The third-order valence-corrected chi connectivity index (χ3v) is 0. The maximum absolute atomic E-state index is 10.1. The SMILES string of the molecule is C=CF.F.F.F.F. The molecule has 0 aromatic rings. The highest BCUT2D eigenvalue weighted by Gasteiger charge is 1.19. The Morgan fingerprint density at radius 3 is 1.00 bits per heavy atom. The average Bonchev–Trinajstić information content (AvgIpc) is 0.918. The third-order valence-electron chi connectivity index (χ3n) is 0. The number of hydrogen-bond acceptors (Lipinski definition) is 0. The van der Waals surface area contributed by atoms with E-state index in [4.69, 9.17) is 0 Å². The topological polar surface area (TPSA) is 0 Å². The molecule has 5 heteroatoms. The van der Waals surface area contributed by atoms with Crippen LogP contribution in [0, 0.1) is 0 Å². The monoisotopic (exact) mass is 126 g/mol. The van der Waals surface area contributed by atoms with Crippen LogP contribution in [-0.2, 0) is 0 Å². The Bertz CT molecular complexity index is 13.6. The van der Waals surface area contributed by atoms with Crippen LogP contribution in [0.4, 0.5) is 23.2 Å². The minimum absolute atomic E-state index is 0. The molecule has 0 radical (unpaired) electrons. The van der Waals surface area contributed by atoms with Crippen molar-refractivity contribution in [3.8, 4) is 0 Å². The maximum atomic E-state index is 10.1. The van der Waals surface area contributed by atoms with Crippen molar-refractivity contribution in [1.82, 2.24) is 0 Å². The lowest BCUT2D eigenvalue weighted by Crippen LogP contribution is -0.990. The second-order valence-electron chi connectivity index (χ2n) is 0.154. The molecule has 0 aromatic carbocycles. The zero-order valence-corrected chi connectivity index (χ0v) is 3.30. The Hall–Kier alpha value is -0.610. The second kappa shape index (κ2) is 683. The van der Waals surface area contributed by atoms with Crippen LogP contribution in [0.3, 0.4) is 0 Å². The maximum Gasteiger partial charge on any atom is 0.0795 e. The van der Waals surface area contributed by atoms with Gasteiger partial charge in [-0.3, -0.25) is 18.8 Å². The van der Waals surface area contributed by atoms with Gasteiger partial charge in [-0.15, -0.1) is 0 Å². The highest BCUT2D eigenvalue weighted by atomic mass is 19.1. The Kier molecular flexibility index (Phi) is 9370. The Balaban J connectivity index is -0.00000000333. The summed E-state index contributed by atoms with van der Waals surface area (Å²) in [4.78, 5) is 0. The summed E-state index contributed by atoms with van der Waals surface area (Å²) in [7, 11) is 0.